The zero-order valence-corrected chi connectivity index (χ0v) is 15.1. The van der Waals surface area contributed by atoms with Crippen LogP contribution in [0.5, 0.6) is 0 Å². The molecule has 0 spiro atoms. The standard InChI is InChI=1S/C19H18ClNO5/c1-25-18(23)14-8-5-7-13(10-14)17(22)21-16(19(24)26-2)11-12-6-3-4-9-15(12)20/h3-10,16H,11H2,1-2H3,(H,21,22)/t16-/m0/s1. The summed E-state index contributed by atoms with van der Waals surface area (Å²) in [6.45, 7) is 0. The van der Waals surface area contributed by atoms with Crippen molar-refractivity contribution in [3.8, 4) is 0 Å². The van der Waals surface area contributed by atoms with E-state index in [4.69, 9.17) is 16.3 Å². The van der Waals surface area contributed by atoms with E-state index in [0.717, 1.165) is 0 Å². The summed E-state index contributed by atoms with van der Waals surface area (Å²) in [6, 6.07) is 12.1. The Balaban J connectivity index is 2.20. The lowest BCUT2D eigenvalue weighted by Gasteiger charge is -2.17. The Morgan fingerprint density at radius 1 is 1.00 bits per heavy atom. The number of rotatable bonds is 6. The highest BCUT2D eigenvalue weighted by Crippen LogP contribution is 2.17. The molecule has 0 saturated heterocycles. The van der Waals surface area contributed by atoms with Gasteiger partial charge < -0.3 is 14.8 Å². The Bertz CT molecular complexity index is 821. The van der Waals surface area contributed by atoms with E-state index in [1.54, 1.807) is 30.3 Å². The lowest BCUT2D eigenvalue weighted by Crippen LogP contribution is -2.43. The second-order valence-corrected chi connectivity index (χ2v) is 5.82. The average molecular weight is 376 g/mol. The van der Waals surface area contributed by atoms with Gasteiger partial charge in [-0.25, -0.2) is 9.59 Å². The molecule has 0 aliphatic rings. The van der Waals surface area contributed by atoms with E-state index in [-0.39, 0.29) is 17.5 Å². The summed E-state index contributed by atoms with van der Waals surface area (Å²) < 4.78 is 9.41. The molecule has 7 heteroatoms. The summed E-state index contributed by atoms with van der Waals surface area (Å²) in [4.78, 5) is 36.2. The number of hydrogen-bond acceptors (Lipinski definition) is 5. The number of halogens is 1. The largest absolute Gasteiger partial charge is 0.467 e. The van der Waals surface area contributed by atoms with Gasteiger partial charge in [-0.05, 0) is 29.8 Å². The Morgan fingerprint density at radius 2 is 1.69 bits per heavy atom. The van der Waals surface area contributed by atoms with Gasteiger partial charge in [-0.3, -0.25) is 4.79 Å². The number of ether oxygens (including phenoxy) is 2. The van der Waals surface area contributed by atoms with Crippen molar-refractivity contribution >= 4 is 29.4 Å². The third kappa shape index (κ3) is 4.83. The Morgan fingerprint density at radius 3 is 2.35 bits per heavy atom. The molecular formula is C19H18ClNO5. The van der Waals surface area contributed by atoms with Gasteiger partial charge in [-0.2, -0.15) is 0 Å². The molecule has 0 bridgehead atoms. The third-order valence-corrected chi connectivity index (χ3v) is 4.09. The summed E-state index contributed by atoms with van der Waals surface area (Å²) in [7, 11) is 2.50. The average Bonchev–Trinajstić information content (AvgIpc) is 2.67. The van der Waals surface area contributed by atoms with Gasteiger partial charge in [0.15, 0.2) is 0 Å². The summed E-state index contributed by atoms with van der Waals surface area (Å²) in [6.07, 6.45) is 0.175. The maximum absolute atomic E-state index is 12.5. The van der Waals surface area contributed by atoms with Crippen molar-refractivity contribution in [2.24, 2.45) is 0 Å². The van der Waals surface area contributed by atoms with E-state index in [0.29, 0.717) is 10.6 Å². The fourth-order valence-corrected chi connectivity index (χ4v) is 2.58. The van der Waals surface area contributed by atoms with Gasteiger partial charge in [0.1, 0.15) is 6.04 Å². The zero-order valence-electron chi connectivity index (χ0n) is 14.3. The van der Waals surface area contributed by atoms with Crippen LogP contribution in [0, 0.1) is 0 Å². The fourth-order valence-electron chi connectivity index (χ4n) is 2.37. The van der Waals surface area contributed by atoms with Crippen molar-refractivity contribution in [3.05, 3.63) is 70.2 Å². The van der Waals surface area contributed by atoms with E-state index in [1.807, 2.05) is 0 Å². The summed E-state index contributed by atoms with van der Waals surface area (Å²) >= 11 is 6.13. The van der Waals surface area contributed by atoms with Crippen molar-refractivity contribution in [1.29, 1.82) is 0 Å². The van der Waals surface area contributed by atoms with Gasteiger partial charge >= 0.3 is 11.9 Å². The smallest absolute Gasteiger partial charge is 0.337 e. The minimum Gasteiger partial charge on any atom is -0.467 e. The molecule has 0 aliphatic heterocycles. The molecule has 0 saturated carbocycles. The molecule has 1 amide bonds. The predicted molar refractivity (Wildman–Crippen MR) is 96.2 cm³/mol. The van der Waals surface area contributed by atoms with Crippen LogP contribution in [0.2, 0.25) is 5.02 Å². The highest BCUT2D eigenvalue weighted by molar-refractivity contribution is 6.31. The molecule has 136 valence electrons. The van der Waals surface area contributed by atoms with Crippen LogP contribution in [0.25, 0.3) is 0 Å². The lowest BCUT2D eigenvalue weighted by molar-refractivity contribution is -0.142. The lowest BCUT2D eigenvalue weighted by atomic mass is 10.0. The molecule has 26 heavy (non-hydrogen) atoms. The fraction of sp³-hybridized carbons (Fsp3) is 0.211. The first kappa shape index (κ1) is 19.5. The van der Waals surface area contributed by atoms with Gasteiger partial charge in [-0.15, -0.1) is 0 Å². The van der Waals surface area contributed by atoms with Crippen LogP contribution in [-0.4, -0.2) is 38.1 Å². The molecule has 0 aromatic heterocycles. The van der Waals surface area contributed by atoms with Gasteiger partial charge in [0, 0.05) is 17.0 Å². The van der Waals surface area contributed by atoms with Crippen molar-refractivity contribution in [3.63, 3.8) is 0 Å². The predicted octanol–water partition coefficient (Wildman–Crippen LogP) is 2.64. The number of benzene rings is 2. The van der Waals surface area contributed by atoms with Crippen LogP contribution >= 0.6 is 11.6 Å². The van der Waals surface area contributed by atoms with Crippen molar-refractivity contribution < 1.29 is 23.9 Å². The van der Waals surface area contributed by atoms with Crippen molar-refractivity contribution in [2.75, 3.05) is 14.2 Å². The van der Waals surface area contributed by atoms with Gasteiger partial charge in [0.25, 0.3) is 5.91 Å². The van der Waals surface area contributed by atoms with E-state index in [2.05, 4.69) is 10.1 Å². The maximum Gasteiger partial charge on any atom is 0.337 e. The third-order valence-electron chi connectivity index (χ3n) is 3.72. The number of nitrogens with one attached hydrogen (secondary N) is 1. The van der Waals surface area contributed by atoms with E-state index < -0.39 is 23.9 Å². The molecule has 1 N–H and O–H groups in total. The summed E-state index contributed by atoms with van der Waals surface area (Å²) in [5.41, 5.74) is 1.16. The van der Waals surface area contributed by atoms with E-state index in [1.165, 1.54) is 32.4 Å². The second kappa shape index (κ2) is 9.01. The second-order valence-electron chi connectivity index (χ2n) is 5.42. The van der Waals surface area contributed by atoms with Gasteiger partial charge in [-0.1, -0.05) is 35.9 Å². The highest BCUT2D eigenvalue weighted by Gasteiger charge is 2.24. The minimum absolute atomic E-state index is 0.175. The topological polar surface area (TPSA) is 81.7 Å². The summed E-state index contributed by atoms with van der Waals surface area (Å²) in [5.74, 6) is -1.67. The van der Waals surface area contributed by atoms with Crippen LogP contribution in [0.1, 0.15) is 26.3 Å². The van der Waals surface area contributed by atoms with E-state index >= 15 is 0 Å². The molecule has 0 aliphatic carbocycles. The van der Waals surface area contributed by atoms with Crippen molar-refractivity contribution in [2.45, 2.75) is 12.5 Å². The van der Waals surface area contributed by atoms with Crippen LogP contribution < -0.4 is 5.32 Å². The molecule has 2 aromatic rings. The number of hydrogen-bond donors (Lipinski definition) is 1. The monoisotopic (exact) mass is 375 g/mol. The first-order chi connectivity index (χ1) is 12.5. The van der Waals surface area contributed by atoms with Crippen molar-refractivity contribution in [1.82, 2.24) is 5.32 Å². The first-order valence-corrected chi connectivity index (χ1v) is 8.14. The number of methoxy groups -OCH3 is 2. The SMILES string of the molecule is COC(=O)c1cccc(C(=O)N[C@@H](Cc2ccccc2Cl)C(=O)OC)c1. The van der Waals surface area contributed by atoms with Gasteiger partial charge in [0.05, 0.1) is 19.8 Å². The molecule has 2 aromatic carbocycles. The molecule has 0 heterocycles. The quantitative estimate of drug-likeness (QED) is 0.785. The molecule has 0 fully saturated rings. The maximum atomic E-state index is 12.5. The number of carbonyl (C=O) groups is 3. The van der Waals surface area contributed by atoms with Gasteiger partial charge in [0.2, 0.25) is 0 Å². The molecule has 2 rings (SSSR count). The Labute approximate surface area is 156 Å². The number of carbonyl (C=O) groups excluding carboxylic acids is 3. The first-order valence-electron chi connectivity index (χ1n) is 7.76. The Kier molecular flexibility index (Phi) is 6.74. The van der Waals surface area contributed by atoms with Crippen LogP contribution in [-0.2, 0) is 20.7 Å². The molecule has 1 atom stereocenters. The zero-order chi connectivity index (χ0) is 19.1. The Hall–Kier alpha value is -2.86. The normalized spacial score (nSPS) is 11.3. The highest BCUT2D eigenvalue weighted by atomic mass is 35.5. The van der Waals surface area contributed by atoms with E-state index in [9.17, 15) is 14.4 Å². The number of esters is 2. The summed E-state index contributed by atoms with van der Waals surface area (Å²) in [5, 5.41) is 3.11. The molecule has 6 nitrogen and oxygen atoms in total. The molecule has 0 radical (unpaired) electrons. The van der Waals surface area contributed by atoms with Crippen LogP contribution in [0.15, 0.2) is 48.5 Å². The van der Waals surface area contributed by atoms with Crippen LogP contribution in [0.3, 0.4) is 0 Å². The minimum atomic E-state index is -0.922. The molecule has 0 unspecified atom stereocenters. The van der Waals surface area contributed by atoms with Crippen LogP contribution in [0.4, 0.5) is 0 Å². The number of amides is 1. The molecular weight excluding hydrogens is 358 g/mol.